The number of benzene rings is 2. The Morgan fingerprint density at radius 1 is 1.27 bits per heavy atom. The Balaban J connectivity index is 1.93. The van der Waals surface area contributed by atoms with Crippen molar-refractivity contribution in [3.63, 3.8) is 0 Å². The second kappa shape index (κ2) is 7.35. The van der Waals surface area contributed by atoms with Crippen molar-refractivity contribution >= 4 is 21.8 Å². The third kappa shape index (κ3) is 4.27. The minimum absolute atomic E-state index is 0.199. The predicted molar refractivity (Wildman–Crippen MR) is 82.6 cm³/mol. The highest BCUT2D eigenvalue weighted by molar-refractivity contribution is 9.10. The summed E-state index contributed by atoms with van der Waals surface area (Å²) in [5.41, 5.74) is 0.218. The quantitative estimate of drug-likeness (QED) is 0.865. The minimum atomic E-state index is -0.695. The molecule has 1 atom stereocenters. The largest absolute Gasteiger partial charge is 0.483 e. The van der Waals surface area contributed by atoms with Gasteiger partial charge in [-0.25, -0.2) is 8.78 Å². The van der Waals surface area contributed by atoms with Gasteiger partial charge in [0.1, 0.15) is 17.4 Å². The highest BCUT2D eigenvalue weighted by Gasteiger charge is 2.14. The van der Waals surface area contributed by atoms with Gasteiger partial charge in [0.15, 0.2) is 6.61 Å². The molecule has 1 amide bonds. The summed E-state index contributed by atoms with van der Waals surface area (Å²) in [7, 11) is 0. The lowest BCUT2D eigenvalue weighted by molar-refractivity contribution is -0.123. The number of ether oxygens (including phenoxy) is 1. The fraction of sp³-hybridized carbons (Fsp3) is 0.188. The first-order valence-electron chi connectivity index (χ1n) is 6.59. The Morgan fingerprint density at radius 2 is 2.00 bits per heavy atom. The van der Waals surface area contributed by atoms with Crippen molar-refractivity contribution in [3.05, 3.63) is 64.1 Å². The molecule has 116 valence electrons. The minimum Gasteiger partial charge on any atom is -0.483 e. The van der Waals surface area contributed by atoms with E-state index in [0.717, 1.165) is 16.6 Å². The number of amides is 1. The number of rotatable bonds is 5. The Kier molecular flexibility index (Phi) is 5.49. The van der Waals surface area contributed by atoms with E-state index in [4.69, 9.17) is 4.74 Å². The monoisotopic (exact) mass is 369 g/mol. The van der Waals surface area contributed by atoms with E-state index in [2.05, 4.69) is 21.2 Å². The fourth-order valence-corrected chi connectivity index (χ4v) is 2.32. The van der Waals surface area contributed by atoms with Gasteiger partial charge in [-0.15, -0.1) is 0 Å². The molecule has 2 aromatic rings. The first-order valence-corrected chi connectivity index (χ1v) is 7.38. The Bertz CT molecular complexity index is 679. The van der Waals surface area contributed by atoms with Crippen LogP contribution in [0.2, 0.25) is 0 Å². The number of hydrogen-bond donors (Lipinski definition) is 1. The van der Waals surface area contributed by atoms with Crippen LogP contribution in [0.3, 0.4) is 0 Å². The van der Waals surface area contributed by atoms with Gasteiger partial charge in [0.05, 0.1) is 10.5 Å². The van der Waals surface area contributed by atoms with Crippen LogP contribution in [0, 0.1) is 11.6 Å². The normalized spacial score (nSPS) is 11.8. The van der Waals surface area contributed by atoms with Gasteiger partial charge in [-0.05, 0) is 41.1 Å². The molecule has 0 spiro atoms. The maximum Gasteiger partial charge on any atom is 0.258 e. The van der Waals surface area contributed by atoms with E-state index in [-0.39, 0.29) is 12.2 Å². The summed E-state index contributed by atoms with van der Waals surface area (Å²) >= 11 is 3.31. The zero-order valence-corrected chi connectivity index (χ0v) is 13.4. The van der Waals surface area contributed by atoms with Crippen LogP contribution in [0.25, 0.3) is 0 Å². The fourth-order valence-electron chi connectivity index (χ4n) is 1.92. The molecule has 0 radical (unpaired) electrons. The molecule has 3 nitrogen and oxygen atoms in total. The summed E-state index contributed by atoms with van der Waals surface area (Å²) in [4.78, 5) is 11.8. The van der Waals surface area contributed by atoms with Gasteiger partial charge in [-0.3, -0.25) is 4.79 Å². The zero-order chi connectivity index (χ0) is 16.1. The van der Waals surface area contributed by atoms with Crippen molar-refractivity contribution in [2.75, 3.05) is 6.61 Å². The molecule has 1 N–H and O–H groups in total. The Labute approximate surface area is 135 Å². The lowest BCUT2D eigenvalue weighted by atomic mass is 10.1. The SMILES string of the molecule is CC(NC(=O)COc1ccccc1Br)c1ccc(F)cc1F. The number of carbonyl (C=O) groups is 1. The summed E-state index contributed by atoms with van der Waals surface area (Å²) < 4.78 is 32.6. The molecule has 22 heavy (non-hydrogen) atoms. The first kappa shape index (κ1) is 16.4. The molecule has 2 rings (SSSR count). The van der Waals surface area contributed by atoms with E-state index in [0.29, 0.717) is 5.75 Å². The van der Waals surface area contributed by atoms with Crippen LogP contribution in [0.1, 0.15) is 18.5 Å². The molecule has 1 unspecified atom stereocenters. The van der Waals surface area contributed by atoms with Crippen molar-refractivity contribution in [3.8, 4) is 5.75 Å². The van der Waals surface area contributed by atoms with Gasteiger partial charge < -0.3 is 10.1 Å². The van der Waals surface area contributed by atoms with Crippen molar-refractivity contribution < 1.29 is 18.3 Å². The van der Waals surface area contributed by atoms with Gasteiger partial charge in [0.25, 0.3) is 5.91 Å². The lowest BCUT2D eigenvalue weighted by Crippen LogP contribution is -2.31. The van der Waals surface area contributed by atoms with Gasteiger partial charge in [-0.2, -0.15) is 0 Å². The van der Waals surface area contributed by atoms with Crippen LogP contribution in [0.5, 0.6) is 5.75 Å². The summed E-state index contributed by atoms with van der Waals surface area (Å²) in [6.07, 6.45) is 0. The number of para-hydroxylation sites is 1. The van der Waals surface area contributed by atoms with Gasteiger partial charge >= 0.3 is 0 Å². The molecule has 0 heterocycles. The summed E-state index contributed by atoms with van der Waals surface area (Å²) in [6, 6.07) is 9.80. The molecule has 0 bridgehead atoms. The van der Waals surface area contributed by atoms with E-state index in [1.54, 1.807) is 25.1 Å². The molecule has 0 saturated carbocycles. The molecular formula is C16H14BrF2NO2. The molecular weight excluding hydrogens is 356 g/mol. The average molecular weight is 370 g/mol. The molecule has 6 heteroatoms. The highest BCUT2D eigenvalue weighted by atomic mass is 79.9. The number of hydrogen-bond acceptors (Lipinski definition) is 2. The third-order valence-corrected chi connectivity index (χ3v) is 3.66. The van der Waals surface area contributed by atoms with E-state index in [1.165, 1.54) is 6.07 Å². The molecule has 0 aromatic heterocycles. The molecule has 0 fully saturated rings. The van der Waals surface area contributed by atoms with E-state index in [9.17, 15) is 13.6 Å². The highest BCUT2D eigenvalue weighted by Crippen LogP contribution is 2.23. The van der Waals surface area contributed by atoms with Crippen molar-refractivity contribution in [1.82, 2.24) is 5.32 Å². The van der Waals surface area contributed by atoms with Crippen LogP contribution in [-0.2, 0) is 4.79 Å². The Hall–Kier alpha value is -1.95. The smallest absolute Gasteiger partial charge is 0.258 e. The lowest BCUT2D eigenvalue weighted by Gasteiger charge is -2.15. The van der Waals surface area contributed by atoms with E-state index in [1.807, 2.05) is 6.07 Å². The van der Waals surface area contributed by atoms with Crippen molar-refractivity contribution in [2.45, 2.75) is 13.0 Å². The van der Waals surface area contributed by atoms with Crippen LogP contribution < -0.4 is 10.1 Å². The standard InChI is InChI=1S/C16H14BrF2NO2/c1-10(12-7-6-11(18)8-14(12)19)20-16(21)9-22-15-5-3-2-4-13(15)17/h2-8,10H,9H2,1H3,(H,20,21). The summed E-state index contributed by atoms with van der Waals surface area (Å²) in [5.74, 6) is -1.21. The average Bonchev–Trinajstić information content (AvgIpc) is 2.46. The number of nitrogens with one attached hydrogen (secondary N) is 1. The topological polar surface area (TPSA) is 38.3 Å². The van der Waals surface area contributed by atoms with Crippen LogP contribution in [0.4, 0.5) is 8.78 Å². The third-order valence-electron chi connectivity index (χ3n) is 3.00. The number of carbonyl (C=O) groups excluding carboxylic acids is 1. The molecule has 0 aliphatic rings. The maximum absolute atomic E-state index is 13.6. The molecule has 0 saturated heterocycles. The molecule has 2 aromatic carbocycles. The molecule has 0 aliphatic heterocycles. The zero-order valence-electron chi connectivity index (χ0n) is 11.8. The van der Waals surface area contributed by atoms with Gasteiger partial charge in [-0.1, -0.05) is 18.2 Å². The Morgan fingerprint density at radius 3 is 2.68 bits per heavy atom. The summed E-state index contributed by atoms with van der Waals surface area (Å²) in [5, 5.41) is 2.60. The predicted octanol–water partition coefficient (Wildman–Crippen LogP) is 3.98. The molecule has 0 aliphatic carbocycles. The first-order chi connectivity index (χ1) is 10.5. The van der Waals surface area contributed by atoms with Gasteiger partial charge in [0.2, 0.25) is 0 Å². The van der Waals surface area contributed by atoms with E-state index >= 15 is 0 Å². The number of halogens is 3. The second-order valence-corrected chi connectivity index (χ2v) is 5.53. The maximum atomic E-state index is 13.6. The van der Waals surface area contributed by atoms with Crippen molar-refractivity contribution in [1.29, 1.82) is 0 Å². The van der Waals surface area contributed by atoms with E-state index < -0.39 is 23.6 Å². The van der Waals surface area contributed by atoms with Gasteiger partial charge in [0, 0.05) is 11.6 Å². The van der Waals surface area contributed by atoms with Crippen LogP contribution in [0.15, 0.2) is 46.9 Å². The summed E-state index contributed by atoms with van der Waals surface area (Å²) in [6.45, 7) is 1.42. The van der Waals surface area contributed by atoms with Crippen LogP contribution >= 0.6 is 15.9 Å². The van der Waals surface area contributed by atoms with Crippen molar-refractivity contribution in [2.24, 2.45) is 0 Å². The van der Waals surface area contributed by atoms with Crippen LogP contribution in [-0.4, -0.2) is 12.5 Å². The second-order valence-electron chi connectivity index (χ2n) is 4.67.